The zero-order valence-electron chi connectivity index (χ0n) is 8.14. The second-order valence-corrected chi connectivity index (χ2v) is 3.67. The molecular formula is C9H18BrNO. The molecule has 0 aliphatic carbocycles. The van der Waals surface area contributed by atoms with Gasteiger partial charge < -0.3 is 4.90 Å². The summed E-state index contributed by atoms with van der Waals surface area (Å²) in [6.07, 6.45) is 1.64. The van der Waals surface area contributed by atoms with Gasteiger partial charge in [-0.1, -0.05) is 22.9 Å². The van der Waals surface area contributed by atoms with Gasteiger partial charge >= 0.3 is 0 Å². The van der Waals surface area contributed by atoms with Gasteiger partial charge in [0.1, 0.15) is 0 Å². The summed E-state index contributed by atoms with van der Waals surface area (Å²) in [5.41, 5.74) is 0. The maximum atomic E-state index is 11.5. The van der Waals surface area contributed by atoms with Crippen molar-refractivity contribution >= 4 is 21.8 Å². The van der Waals surface area contributed by atoms with Crippen molar-refractivity contribution in [3.8, 4) is 0 Å². The fourth-order valence-corrected chi connectivity index (χ4v) is 1.52. The van der Waals surface area contributed by atoms with Gasteiger partial charge in [0.15, 0.2) is 0 Å². The molecule has 0 aromatic heterocycles. The van der Waals surface area contributed by atoms with Gasteiger partial charge in [-0.25, -0.2) is 0 Å². The van der Waals surface area contributed by atoms with E-state index in [0.29, 0.717) is 12.5 Å². The zero-order chi connectivity index (χ0) is 9.56. The SMILES string of the molecule is CCC(C)N(CC)C(=O)CCBr. The van der Waals surface area contributed by atoms with Crippen LogP contribution in [0.15, 0.2) is 0 Å². The number of hydrogen-bond acceptors (Lipinski definition) is 1. The number of carbonyl (C=O) groups excluding carboxylic acids is 1. The molecule has 0 aliphatic heterocycles. The van der Waals surface area contributed by atoms with Crippen molar-refractivity contribution in [1.29, 1.82) is 0 Å². The number of alkyl halides is 1. The smallest absolute Gasteiger partial charge is 0.223 e. The standard InChI is InChI=1S/C9H18BrNO/c1-4-8(3)11(5-2)9(12)6-7-10/h8H,4-7H2,1-3H3. The average Bonchev–Trinajstić information content (AvgIpc) is 2.06. The summed E-state index contributed by atoms with van der Waals surface area (Å²) in [6.45, 7) is 7.05. The first-order valence-electron chi connectivity index (χ1n) is 4.52. The van der Waals surface area contributed by atoms with E-state index in [0.717, 1.165) is 18.3 Å². The Morgan fingerprint density at radius 2 is 2.08 bits per heavy atom. The fourth-order valence-electron chi connectivity index (χ4n) is 1.18. The van der Waals surface area contributed by atoms with Crippen LogP contribution in [-0.2, 0) is 4.79 Å². The molecule has 0 radical (unpaired) electrons. The molecule has 0 heterocycles. The summed E-state index contributed by atoms with van der Waals surface area (Å²) in [5, 5.41) is 0.763. The highest BCUT2D eigenvalue weighted by Gasteiger charge is 2.15. The van der Waals surface area contributed by atoms with Crippen molar-refractivity contribution in [3.05, 3.63) is 0 Å². The van der Waals surface area contributed by atoms with Gasteiger partial charge in [-0.2, -0.15) is 0 Å². The summed E-state index contributed by atoms with van der Waals surface area (Å²) < 4.78 is 0. The van der Waals surface area contributed by atoms with Gasteiger partial charge in [0.2, 0.25) is 5.91 Å². The van der Waals surface area contributed by atoms with Crippen LogP contribution in [0.3, 0.4) is 0 Å². The highest BCUT2D eigenvalue weighted by molar-refractivity contribution is 9.09. The number of carbonyl (C=O) groups is 1. The molecule has 1 amide bonds. The first kappa shape index (κ1) is 11.9. The number of nitrogens with zero attached hydrogens (tertiary/aromatic N) is 1. The molecule has 0 fully saturated rings. The average molecular weight is 236 g/mol. The predicted octanol–water partition coefficient (Wildman–Crippen LogP) is 2.42. The van der Waals surface area contributed by atoms with Crippen molar-refractivity contribution in [2.45, 2.75) is 39.7 Å². The molecule has 0 bridgehead atoms. The number of halogens is 1. The Kier molecular flexibility index (Phi) is 6.44. The summed E-state index contributed by atoms with van der Waals surface area (Å²) in [5.74, 6) is 0.253. The van der Waals surface area contributed by atoms with E-state index in [9.17, 15) is 4.79 Å². The van der Waals surface area contributed by atoms with Crippen LogP contribution in [0.4, 0.5) is 0 Å². The molecule has 1 unspecified atom stereocenters. The minimum atomic E-state index is 0.253. The topological polar surface area (TPSA) is 20.3 Å². The zero-order valence-corrected chi connectivity index (χ0v) is 9.73. The lowest BCUT2D eigenvalue weighted by molar-refractivity contribution is -0.132. The molecule has 0 aromatic rings. The Hall–Kier alpha value is -0.0500. The van der Waals surface area contributed by atoms with Crippen LogP contribution in [0, 0.1) is 0 Å². The Balaban J connectivity index is 4.04. The fraction of sp³-hybridized carbons (Fsp3) is 0.889. The van der Waals surface area contributed by atoms with E-state index in [2.05, 4.69) is 29.8 Å². The maximum Gasteiger partial charge on any atom is 0.223 e. The molecule has 0 aromatic carbocycles. The molecule has 2 nitrogen and oxygen atoms in total. The third-order valence-corrected chi connectivity index (χ3v) is 2.49. The quantitative estimate of drug-likeness (QED) is 0.671. The van der Waals surface area contributed by atoms with Gasteiger partial charge in [-0.05, 0) is 20.3 Å². The maximum absolute atomic E-state index is 11.5. The predicted molar refractivity (Wildman–Crippen MR) is 55.6 cm³/mol. The summed E-state index contributed by atoms with van der Waals surface area (Å²) in [7, 11) is 0. The lowest BCUT2D eigenvalue weighted by atomic mass is 10.2. The first-order valence-corrected chi connectivity index (χ1v) is 5.64. The summed E-state index contributed by atoms with van der Waals surface area (Å²) in [4.78, 5) is 13.4. The Morgan fingerprint density at radius 1 is 1.50 bits per heavy atom. The summed E-state index contributed by atoms with van der Waals surface area (Å²) >= 11 is 3.27. The lowest BCUT2D eigenvalue weighted by Crippen LogP contribution is -2.38. The number of hydrogen-bond donors (Lipinski definition) is 0. The molecular weight excluding hydrogens is 218 g/mol. The van der Waals surface area contributed by atoms with Crippen molar-refractivity contribution in [2.24, 2.45) is 0 Å². The van der Waals surface area contributed by atoms with Gasteiger partial charge in [-0.15, -0.1) is 0 Å². The normalized spacial score (nSPS) is 12.7. The van der Waals surface area contributed by atoms with Crippen molar-refractivity contribution < 1.29 is 4.79 Å². The van der Waals surface area contributed by atoms with Crippen LogP contribution in [-0.4, -0.2) is 28.7 Å². The molecule has 0 saturated carbocycles. The van der Waals surface area contributed by atoms with Crippen molar-refractivity contribution in [1.82, 2.24) is 4.90 Å². The Morgan fingerprint density at radius 3 is 2.42 bits per heavy atom. The van der Waals surface area contributed by atoms with E-state index in [-0.39, 0.29) is 5.91 Å². The molecule has 0 aliphatic rings. The molecule has 0 spiro atoms. The van der Waals surface area contributed by atoms with Crippen LogP contribution in [0.25, 0.3) is 0 Å². The largest absolute Gasteiger partial charge is 0.340 e. The molecule has 3 heteroatoms. The van der Waals surface area contributed by atoms with Crippen LogP contribution in [0.2, 0.25) is 0 Å². The van der Waals surface area contributed by atoms with Crippen molar-refractivity contribution in [3.63, 3.8) is 0 Å². The Labute approximate surface area is 83.4 Å². The van der Waals surface area contributed by atoms with Crippen LogP contribution >= 0.6 is 15.9 Å². The first-order chi connectivity index (χ1) is 5.67. The van der Waals surface area contributed by atoms with Gasteiger partial charge in [-0.3, -0.25) is 4.79 Å². The van der Waals surface area contributed by atoms with E-state index >= 15 is 0 Å². The van der Waals surface area contributed by atoms with Crippen LogP contribution in [0.1, 0.15) is 33.6 Å². The number of rotatable bonds is 5. The third kappa shape index (κ3) is 3.57. The van der Waals surface area contributed by atoms with Crippen LogP contribution < -0.4 is 0 Å². The third-order valence-electron chi connectivity index (χ3n) is 2.09. The Bertz CT molecular complexity index is 138. The highest BCUT2D eigenvalue weighted by Crippen LogP contribution is 2.06. The monoisotopic (exact) mass is 235 g/mol. The van der Waals surface area contributed by atoms with Crippen LogP contribution in [0.5, 0.6) is 0 Å². The molecule has 0 saturated heterocycles. The molecule has 0 rings (SSSR count). The second kappa shape index (κ2) is 6.46. The molecule has 72 valence electrons. The van der Waals surface area contributed by atoms with E-state index in [1.54, 1.807) is 0 Å². The minimum Gasteiger partial charge on any atom is -0.340 e. The van der Waals surface area contributed by atoms with E-state index < -0.39 is 0 Å². The second-order valence-electron chi connectivity index (χ2n) is 2.88. The highest BCUT2D eigenvalue weighted by atomic mass is 79.9. The van der Waals surface area contributed by atoms with E-state index in [1.165, 1.54) is 0 Å². The minimum absolute atomic E-state index is 0.253. The van der Waals surface area contributed by atoms with Crippen molar-refractivity contribution in [2.75, 3.05) is 11.9 Å². The van der Waals surface area contributed by atoms with Gasteiger partial charge in [0.05, 0.1) is 0 Å². The molecule has 12 heavy (non-hydrogen) atoms. The molecule has 0 N–H and O–H groups in total. The van der Waals surface area contributed by atoms with Gasteiger partial charge in [0.25, 0.3) is 0 Å². The summed E-state index contributed by atoms with van der Waals surface area (Å²) in [6, 6.07) is 0.376. The van der Waals surface area contributed by atoms with Gasteiger partial charge in [0, 0.05) is 24.3 Å². The van der Waals surface area contributed by atoms with E-state index in [4.69, 9.17) is 0 Å². The molecule has 1 atom stereocenters. The van der Waals surface area contributed by atoms with E-state index in [1.807, 2.05) is 11.8 Å². The number of amides is 1. The lowest BCUT2D eigenvalue weighted by Gasteiger charge is -2.26.